The lowest BCUT2D eigenvalue weighted by molar-refractivity contribution is -0.127. The molecule has 0 aromatic heterocycles. The van der Waals surface area contributed by atoms with Crippen molar-refractivity contribution in [3.8, 4) is 0 Å². The lowest BCUT2D eigenvalue weighted by Crippen LogP contribution is -2.49. The molecule has 1 atom stereocenters. The van der Waals surface area contributed by atoms with Gasteiger partial charge in [-0.2, -0.15) is 0 Å². The summed E-state index contributed by atoms with van der Waals surface area (Å²) < 4.78 is 0. The molecule has 1 aliphatic heterocycles. The summed E-state index contributed by atoms with van der Waals surface area (Å²) in [4.78, 5) is 12.9. The van der Waals surface area contributed by atoms with E-state index in [4.69, 9.17) is 0 Å². The zero-order valence-electron chi connectivity index (χ0n) is 14.3. The van der Waals surface area contributed by atoms with Crippen LogP contribution < -0.4 is 10.6 Å². The van der Waals surface area contributed by atoms with Gasteiger partial charge in [0, 0.05) is 6.54 Å². The number of halogens is 1. The fourth-order valence-corrected chi connectivity index (χ4v) is 3.98. The van der Waals surface area contributed by atoms with Crippen molar-refractivity contribution in [2.45, 2.75) is 51.4 Å². The van der Waals surface area contributed by atoms with Crippen LogP contribution in [0.2, 0.25) is 0 Å². The van der Waals surface area contributed by atoms with Gasteiger partial charge in [-0.25, -0.2) is 0 Å². The number of carbonyl (C=O) groups excluding carboxylic acids is 1. The van der Waals surface area contributed by atoms with Gasteiger partial charge < -0.3 is 10.6 Å². The largest absolute Gasteiger partial charge is 0.355 e. The summed E-state index contributed by atoms with van der Waals surface area (Å²) in [5.41, 5.74) is 2.46. The molecule has 2 N–H and O–H groups in total. The summed E-state index contributed by atoms with van der Waals surface area (Å²) in [5, 5.41) is 6.68. The predicted octanol–water partition coefficient (Wildman–Crippen LogP) is 3.21. The van der Waals surface area contributed by atoms with Gasteiger partial charge >= 0.3 is 0 Å². The van der Waals surface area contributed by atoms with Gasteiger partial charge in [0.05, 0.1) is 5.41 Å². The second-order valence-electron chi connectivity index (χ2n) is 7.59. The first-order valence-electron chi connectivity index (χ1n) is 8.61. The van der Waals surface area contributed by atoms with E-state index >= 15 is 0 Å². The maximum absolute atomic E-state index is 12.9. The standard InChI is InChI=1S/C19H28N2O.ClH/c1-18(10-12-20-13-11-18)14-21-17(22)19(2)9-5-7-15-6-3-4-8-16(15)19;/h3-4,6,8,20H,5,7,9-14H2,1-2H3,(H,21,22);1H. The molecule has 128 valence electrons. The minimum Gasteiger partial charge on any atom is -0.355 e. The molecule has 1 aromatic carbocycles. The molecule has 1 fully saturated rings. The third-order valence-corrected chi connectivity index (χ3v) is 5.72. The molecule has 0 bridgehead atoms. The molecule has 4 heteroatoms. The molecular formula is C19H29ClN2O. The highest BCUT2D eigenvalue weighted by molar-refractivity contribution is 5.88. The number of piperidine rings is 1. The first kappa shape index (κ1) is 18.3. The van der Waals surface area contributed by atoms with E-state index in [0.29, 0.717) is 0 Å². The van der Waals surface area contributed by atoms with Crippen LogP contribution in [0.25, 0.3) is 0 Å². The Kier molecular flexibility index (Phi) is 5.74. The first-order chi connectivity index (χ1) is 10.5. The number of carbonyl (C=O) groups is 1. The van der Waals surface area contributed by atoms with E-state index in [0.717, 1.165) is 51.7 Å². The van der Waals surface area contributed by atoms with Crippen molar-refractivity contribution in [2.24, 2.45) is 5.41 Å². The van der Waals surface area contributed by atoms with Gasteiger partial charge in [-0.15, -0.1) is 12.4 Å². The Morgan fingerprint density at radius 1 is 1.17 bits per heavy atom. The van der Waals surface area contributed by atoms with E-state index in [1.807, 2.05) is 0 Å². The van der Waals surface area contributed by atoms with E-state index in [9.17, 15) is 4.79 Å². The molecule has 1 heterocycles. The Morgan fingerprint density at radius 2 is 1.87 bits per heavy atom. The van der Waals surface area contributed by atoms with Gasteiger partial charge in [0.2, 0.25) is 5.91 Å². The molecule has 1 amide bonds. The van der Waals surface area contributed by atoms with E-state index in [-0.39, 0.29) is 29.1 Å². The average Bonchev–Trinajstić information content (AvgIpc) is 2.54. The molecule has 0 radical (unpaired) electrons. The summed E-state index contributed by atoms with van der Waals surface area (Å²) in [5.74, 6) is 0.208. The van der Waals surface area contributed by atoms with Crippen LogP contribution >= 0.6 is 12.4 Å². The number of rotatable bonds is 3. The van der Waals surface area contributed by atoms with Crippen molar-refractivity contribution in [2.75, 3.05) is 19.6 Å². The van der Waals surface area contributed by atoms with E-state index in [2.05, 4.69) is 48.7 Å². The van der Waals surface area contributed by atoms with Crippen molar-refractivity contribution in [1.29, 1.82) is 0 Å². The summed E-state index contributed by atoms with van der Waals surface area (Å²) in [6.07, 6.45) is 5.43. The normalized spacial score (nSPS) is 25.8. The molecule has 3 nitrogen and oxygen atoms in total. The van der Waals surface area contributed by atoms with Gasteiger partial charge in [-0.05, 0) is 68.7 Å². The zero-order chi connectivity index (χ0) is 15.6. The van der Waals surface area contributed by atoms with Crippen LogP contribution in [0, 0.1) is 5.41 Å². The van der Waals surface area contributed by atoms with Crippen molar-refractivity contribution >= 4 is 18.3 Å². The van der Waals surface area contributed by atoms with Crippen molar-refractivity contribution in [3.63, 3.8) is 0 Å². The average molecular weight is 337 g/mol. The van der Waals surface area contributed by atoms with Crippen LogP contribution in [-0.2, 0) is 16.6 Å². The highest BCUT2D eigenvalue weighted by Crippen LogP contribution is 2.37. The van der Waals surface area contributed by atoms with Crippen LogP contribution in [0.1, 0.15) is 50.7 Å². The quantitative estimate of drug-likeness (QED) is 0.890. The van der Waals surface area contributed by atoms with Crippen LogP contribution in [0.4, 0.5) is 0 Å². The molecular weight excluding hydrogens is 308 g/mol. The molecule has 1 aliphatic carbocycles. The molecule has 3 rings (SSSR count). The highest BCUT2D eigenvalue weighted by Gasteiger charge is 2.39. The topological polar surface area (TPSA) is 41.1 Å². The summed E-state index contributed by atoms with van der Waals surface area (Å²) in [6.45, 7) is 7.33. The summed E-state index contributed by atoms with van der Waals surface area (Å²) >= 11 is 0. The first-order valence-corrected chi connectivity index (χ1v) is 8.61. The maximum Gasteiger partial charge on any atom is 0.230 e. The van der Waals surface area contributed by atoms with Crippen LogP contribution in [0.5, 0.6) is 0 Å². The molecule has 1 aromatic rings. The third kappa shape index (κ3) is 3.72. The van der Waals surface area contributed by atoms with Gasteiger partial charge in [-0.3, -0.25) is 4.79 Å². The fourth-order valence-electron chi connectivity index (χ4n) is 3.98. The van der Waals surface area contributed by atoms with Crippen LogP contribution in [-0.4, -0.2) is 25.5 Å². The maximum atomic E-state index is 12.9. The smallest absolute Gasteiger partial charge is 0.230 e. The number of aryl methyl sites for hydroxylation is 1. The third-order valence-electron chi connectivity index (χ3n) is 5.72. The molecule has 2 aliphatic rings. The molecule has 23 heavy (non-hydrogen) atoms. The number of hydrogen-bond donors (Lipinski definition) is 2. The van der Waals surface area contributed by atoms with Crippen LogP contribution in [0.15, 0.2) is 24.3 Å². The highest BCUT2D eigenvalue weighted by atomic mass is 35.5. The summed E-state index contributed by atoms with van der Waals surface area (Å²) in [7, 11) is 0. The lowest BCUT2D eigenvalue weighted by atomic mass is 9.70. The van der Waals surface area contributed by atoms with Gasteiger partial charge in [0.15, 0.2) is 0 Å². The fraction of sp³-hybridized carbons (Fsp3) is 0.632. The Hall–Kier alpha value is -1.06. The Labute approximate surface area is 146 Å². The Morgan fingerprint density at radius 3 is 2.61 bits per heavy atom. The van der Waals surface area contributed by atoms with E-state index in [1.165, 1.54) is 11.1 Å². The predicted molar refractivity (Wildman–Crippen MR) is 97.2 cm³/mol. The molecule has 1 unspecified atom stereocenters. The van der Waals surface area contributed by atoms with Crippen molar-refractivity contribution in [1.82, 2.24) is 10.6 Å². The lowest BCUT2D eigenvalue weighted by Gasteiger charge is -2.38. The van der Waals surface area contributed by atoms with Crippen LogP contribution in [0.3, 0.4) is 0 Å². The monoisotopic (exact) mass is 336 g/mol. The molecule has 0 spiro atoms. The van der Waals surface area contributed by atoms with Crippen molar-refractivity contribution in [3.05, 3.63) is 35.4 Å². The Balaban J connectivity index is 0.00000192. The van der Waals surface area contributed by atoms with E-state index < -0.39 is 0 Å². The number of hydrogen-bond acceptors (Lipinski definition) is 2. The number of nitrogens with one attached hydrogen (secondary N) is 2. The van der Waals surface area contributed by atoms with Gasteiger partial charge in [-0.1, -0.05) is 31.2 Å². The Bertz CT molecular complexity index is 554. The van der Waals surface area contributed by atoms with E-state index in [1.54, 1.807) is 0 Å². The van der Waals surface area contributed by atoms with Crippen molar-refractivity contribution < 1.29 is 4.79 Å². The minimum absolute atomic E-state index is 0. The number of benzene rings is 1. The summed E-state index contributed by atoms with van der Waals surface area (Å²) in [6, 6.07) is 8.46. The minimum atomic E-state index is -0.363. The van der Waals surface area contributed by atoms with Gasteiger partial charge in [0.1, 0.15) is 0 Å². The zero-order valence-corrected chi connectivity index (χ0v) is 15.1. The second kappa shape index (κ2) is 7.23. The SMILES string of the molecule is CC1(CNC(=O)C2(C)CCCc3ccccc32)CCNCC1.Cl. The number of fused-ring (bicyclic) bond motifs is 1. The second-order valence-corrected chi connectivity index (χ2v) is 7.59. The molecule has 1 saturated heterocycles. The number of amides is 1. The van der Waals surface area contributed by atoms with Gasteiger partial charge in [0.25, 0.3) is 0 Å². The molecule has 0 saturated carbocycles.